The molecule has 1 aliphatic heterocycles. The normalized spacial score (nSPS) is 14.1. The van der Waals surface area contributed by atoms with Crippen LogP contribution in [0.2, 0.25) is 0 Å². The third-order valence-electron chi connectivity index (χ3n) is 4.59. The Hall–Kier alpha value is -2.86. The van der Waals surface area contributed by atoms with Crippen LogP contribution in [0.1, 0.15) is 15.9 Å². The second kappa shape index (κ2) is 9.19. The van der Waals surface area contributed by atoms with Crippen molar-refractivity contribution >= 4 is 11.8 Å². The number of hydrogen-bond acceptors (Lipinski definition) is 4. The molecule has 0 bridgehead atoms. The van der Waals surface area contributed by atoms with Crippen molar-refractivity contribution in [3.8, 4) is 5.75 Å². The quantitative estimate of drug-likeness (QED) is 0.784. The standard InChI is InChI=1S/C21H24N2O4/c1-26-19-9-7-18(8-10-19)21(25)23-13-11-22(12-14-23)20(24)16-27-15-17-5-3-2-4-6-17/h2-10H,11-16H2,1H3. The fraction of sp³-hybridized carbons (Fsp3) is 0.333. The first kappa shape index (κ1) is 18.9. The molecule has 6 nitrogen and oxygen atoms in total. The summed E-state index contributed by atoms with van der Waals surface area (Å²) < 4.78 is 10.6. The third-order valence-corrected chi connectivity index (χ3v) is 4.59. The van der Waals surface area contributed by atoms with Crippen LogP contribution in [-0.4, -0.2) is 61.5 Å². The minimum absolute atomic E-state index is 0.0231. The molecule has 2 aromatic carbocycles. The van der Waals surface area contributed by atoms with E-state index in [9.17, 15) is 9.59 Å². The van der Waals surface area contributed by atoms with E-state index in [1.807, 2.05) is 30.3 Å². The predicted molar refractivity (Wildman–Crippen MR) is 102 cm³/mol. The highest BCUT2D eigenvalue weighted by Gasteiger charge is 2.24. The van der Waals surface area contributed by atoms with Gasteiger partial charge in [-0.15, -0.1) is 0 Å². The zero-order valence-electron chi connectivity index (χ0n) is 15.5. The number of rotatable bonds is 6. The number of ether oxygens (including phenoxy) is 2. The highest BCUT2D eigenvalue weighted by molar-refractivity contribution is 5.94. The van der Waals surface area contributed by atoms with Gasteiger partial charge in [0.05, 0.1) is 13.7 Å². The molecular weight excluding hydrogens is 344 g/mol. The van der Waals surface area contributed by atoms with Crippen molar-refractivity contribution in [1.82, 2.24) is 9.80 Å². The Balaban J connectivity index is 1.43. The lowest BCUT2D eigenvalue weighted by Gasteiger charge is -2.34. The third kappa shape index (κ3) is 5.08. The Morgan fingerprint density at radius 3 is 2.15 bits per heavy atom. The summed E-state index contributed by atoms with van der Waals surface area (Å²) in [5, 5.41) is 0. The van der Waals surface area contributed by atoms with Crippen LogP contribution in [0.5, 0.6) is 5.75 Å². The first-order valence-electron chi connectivity index (χ1n) is 9.00. The van der Waals surface area contributed by atoms with Crippen molar-refractivity contribution in [2.24, 2.45) is 0 Å². The molecule has 0 saturated carbocycles. The summed E-state index contributed by atoms with van der Waals surface area (Å²) in [6, 6.07) is 16.8. The molecule has 1 heterocycles. The Morgan fingerprint density at radius 2 is 1.52 bits per heavy atom. The zero-order chi connectivity index (χ0) is 19.1. The van der Waals surface area contributed by atoms with Crippen LogP contribution >= 0.6 is 0 Å². The monoisotopic (exact) mass is 368 g/mol. The Kier molecular flexibility index (Phi) is 6.44. The molecule has 0 aliphatic carbocycles. The number of carbonyl (C=O) groups is 2. The second-order valence-electron chi connectivity index (χ2n) is 6.38. The van der Waals surface area contributed by atoms with Gasteiger partial charge in [-0.05, 0) is 29.8 Å². The number of piperazine rings is 1. The van der Waals surface area contributed by atoms with Gasteiger partial charge >= 0.3 is 0 Å². The highest BCUT2D eigenvalue weighted by atomic mass is 16.5. The van der Waals surface area contributed by atoms with Gasteiger partial charge in [-0.3, -0.25) is 9.59 Å². The Labute approximate surface area is 159 Å². The van der Waals surface area contributed by atoms with Gasteiger partial charge in [0.15, 0.2) is 0 Å². The minimum atomic E-state index is -0.0394. The number of nitrogens with zero attached hydrogens (tertiary/aromatic N) is 2. The summed E-state index contributed by atoms with van der Waals surface area (Å²) >= 11 is 0. The van der Waals surface area contributed by atoms with Crippen LogP contribution in [0.4, 0.5) is 0 Å². The lowest BCUT2D eigenvalue weighted by atomic mass is 10.1. The van der Waals surface area contributed by atoms with E-state index in [-0.39, 0.29) is 18.4 Å². The molecule has 1 saturated heterocycles. The summed E-state index contributed by atoms with van der Waals surface area (Å²) in [4.78, 5) is 28.4. The van der Waals surface area contributed by atoms with E-state index in [1.165, 1.54) is 0 Å². The predicted octanol–water partition coefficient (Wildman–Crippen LogP) is 2.20. The van der Waals surface area contributed by atoms with E-state index in [4.69, 9.17) is 9.47 Å². The molecule has 1 aliphatic rings. The molecule has 2 amide bonds. The van der Waals surface area contributed by atoms with Gasteiger partial charge in [0.2, 0.25) is 5.91 Å². The van der Waals surface area contributed by atoms with Crippen LogP contribution in [0.15, 0.2) is 54.6 Å². The maximum atomic E-state index is 12.6. The molecule has 142 valence electrons. The van der Waals surface area contributed by atoms with Crippen molar-refractivity contribution in [1.29, 1.82) is 0 Å². The number of carbonyl (C=O) groups excluding carboxylic acids is 2. The summed E-state index contributed by atoms with van der Waals surface area (Å²) in [6.07, 6.45) is 0. The molecule has 0 spiro atoms. The number of benzene rings is 2. The lowest BCUT2D eigenvalue weighted by molar-refractivity contribution is -0.138. The largest absolute Gasteiger partial charge is 0.497 e. The van der Waals surface area contributed by atoms with E-state index >= 15 is 0 Å². The van der Waals surface area contributed by atoms with Gasteiger partial charge in [-0.1, -0.05) is 30.3 Å². The van der Waals surface area contributed by atoms with Crippen LogP contribution in [0, 0.1) is 0 Å². The van der Waals surface area contributed by atoms with Gasteiger partial charge in [0.25, 0.3) is 5.91 Å². The van der Waals surface area contributed by atoms with E-state index in [1.54, 1.807) is 41.2 Å². The molecule has 1 fully saturated rings. The van der Waals surface area contributed by atoms with Crippen molar-refractivity contribution < 1.29 is 19.1 Å². The van der Waals surface area contributed by atoms with Crippen molar-refractivity contribution in [2.75, 3.05) is 39.9 Å². The SMILES string of the molecule is COc1ccc(C(=O)N2CCN(C(=O)COCc3ccccc3)CC2)cc1. The van der Waals surface area contributed by atoms with Gasteiger partial charge in [0, 0.05) is 31.7 Å². The molecule has 3 rings (SSSR count). The summed E-state index contributed by atoms with van der Waals surface area (Å²) in [5.41, 5.74) is 1.67. The van der Waals surface area contributed by atoms with Gasteiger partial charge in [-0.25, -0.2) is 0 Å². The molecule has 0 atom stereocenters. The zero-order valence-corrected chi connectivity index (χ0v) is 15.5. The van der Waals surface area contributed by atoms with Crippen LogP contribution < -0.4 is 4.74 Å². The van der Waals surface area contributed by atoms with E-state index in [0.717, 1.165) is 11.3 Å². The maximum Gasteiger partial charge on any atom is 0.253 e. The topological polar surface area (TPSA) is 59.1 Å². The van der Waals surface area contributed by atoms with Crippen LogP contribution in [-0.2, 0) is 16.1 Å². The maximum absolute atomic E-state index is 12.6. The first-order valence-corrected chi connectivity index (χ1v) is 9.00. The molecule has 0 unspecified atom stereocenters. The summed E-state index contributed by atoms with van der Waals surface area (Å²) in [6.45, 7) is 2.57. The Bertz CT molecular complexity index is 754. The van der Waals surface area contributed by atoms with E-state index < -0.39 is 0 Å². The number of amides is 2. The first-order chi connectivity index (χ1) is 13.2. The molecule has 0 N–H and O–H groups in total. The molecule has 6 heteroatoms. The van der Waals surface area contributed by atoms with Gasteiger partial charge < -0.3 is 19.3 Å². The van der Waals surface area contributed by atoms with Gasteiger partial charge in [0.1, 0.15) is 12.4 Å². The van der Waals surface area contributed by atoms with Gasteiger partial charge in [-0.2, -0.15) is 0 Å². The van der Waals surface area contributed by atoms with E-state index in [0.29, 0.717) is 38.3 Å². The van der Waals surface area contributed by atoms with Crippen molar-refractivity contribution in [2.45, 2.75) is 6.61 Å². The van der Waals surface area contributed by atoms with E-state index in [2.05, 4.69) is 0 Å². The number of methoxy groups -OCH3 is 1. The molecule has 0 aromatic heterocycles. The average molecular weight is 368 g/mol. The van der Waals surface area contributed by atoms with Crippen LogP contribution in [0.25, 0.3) is 0 Å². The second-order valence-corrected chi connectivity index (χ2v) is 6.38. The molecular formula is C21H24N2O4. The fourth-order valence-corrected chi connectivity index (χ4v) is 3.00. The number of hydrogen-bond donors (Lipinski definition) is 0. The fourth-order valence-electron chi connectivity index (χ4n) is 3.00. The van der Waals surface area contributed by atoms with Crippen LogP contribution in [0.3, 0.4) is 0 Å². The lowest BCUT2D eigenvalue weighted by Crippen LogP contribution is -2.51. The average Bonchev–Trinajstić information content (AvgIpc) is 2.74. The summed E-state index contributed by atoms with van der Waals surface area (Å²) in [7, 11) is 1.59. The smallest absolute Gasteiger partial charge is 0.253 e. The molecule has 27 heavy (non-hydrogen) atoms. The highest BCUT2D eigenvalue weighted by Crippen LogP contribution is 2.14. The van der Waals surface area contributed by atoms with Crippen molar-refractivity contribution in [3.63, 3.8) is 0 Å². The molecule has 2 aromatic rings. The van der Waals surface area contributed by atoms with Crippen molar-refractivity contribution in [3.05, 3.63) is 65.7 Å². The summed E-state index contributed by atoms with van der Waals surface area (Å²) in [5.74, 6) is 0.657. The minimum Gasteiger partial charge on any atom is -0.497 e. The Morgan fingerprint density at radius 1 is 0.889 bits per heavy atom. The molecule has 0 radical (unpaired) electrons.